The molecule has 0 aromatic heterocycles. The first kappa shape index (κ1) is 16.3. The van der Waals surface area contributed by atoms with Gasteiger partial charge >= 0.3 is 0 Å². The third kappa shape index (κ3) is 6.44. The molecule has 3 heteroatoms. The molecule has 0 aromatic rings. The Morgan fingerprint density at radius 3 is 2.56 bits per heavy atom. The molecule has 1 saturated carbocycles. The van der Waals surface area contributed by atoms with Crippen LogP contribution in [0.25, 0.3) is 0 Å². The van der Waals surface area contributed by atoms with Gasteiger partial charge in [-0.05, 0) is 25.2 Å². The minimum Gasteiger partial charge on any atom is -0.271 e. The Kier molecular flexibility index (Phi) is 9.16. The van der Waals surface area contributed by atoms with Crippen LogP contribution in [0.5, 0.6) is 0 Å². The Bertz CT molecular complexity index is 193. The van der Waals surface area contributed by atoms with Gasteiger partial charge in [0, 0.05) is 17.0 Å². The van der Waals surface area contributed by atoms with Crippen molar-refractivity contribution in [3.63, 3.8) is 0 Å². The summed E-state index contributed by atoms with van der Waals surface area (Å²) in [5.74, 6) is 7.78. The van der Waals surface area contributed by atoms with Crippen LogP contribution in [0.3, 0.4) is 0 Å². The fraction of sp³-hybridized carbons (Fsp3) is 1.00. The molecule has 1 aliphatic carbocycles. The summed E-state index contributed by atoms with van der Waals surface area (Å²) in [5.41, 5.74) is 3.05. The largest absolute Gasteiger partial charge is 0.271 e. The van der Waals surface area contributed by atoms with E-state index in [2.05, 4.69) is 31.0 Å². The zero-order chi connectivity index (χ0) is 13.2. The van der Waals surface area contributed by atoms with Crippen LogP contribution in [0, 0.1) is 5.92 Å². The Balaban J connectivity index is 2.21. The third-order valence-electron chi connectivity index (χ3n) is 4.23. The minimum atomic E-state index is 0.511. The summed E-state index contributed by atoms with van der Waals surface area (Å²) < 4.78 is 0. The summed E-state index contributed by atoms with van der Waals surface area (Å²) in [6.07, 6.45) is 12.3. The first-order valence-electron chi connectivity index (χ1n) is 7.87. The molecule has 2 nitrogen and oxygen atoms in total. The Hall–Kier alpha value is 0.270. The van der Waals surface area contributed by atoms with Gasteiger partial charge in [-0.25, -0.2) is 0 Å². The molecular weight excluding hydrogens is 240 g/mol. The van der Waals surface area contributed by atoms with Crippen molar-refractivity contribution in [1.82, 2.24) is 5.43 Å². The molecule has 0 amide bonds. The molecule has 0 aliphatic heterocycles. The van der Waals surface area contributed by atoms with E-state index < -0.39 is 0 Å². The van der Waals surface area contributed by atoms with E-state index in [1.807, 2.05) is 0 Å². The van der Waals surface area contributed by atoms with Crippen LogP contribution >= 0.6 is 11.8 Å². The first-order valence-corrected chi connectivity index (χ1v) is 8.92. The van der Waals surface area contributed by atoms with E-state index in [1.54, 1.807) is 0 Å². The van der Waals surface area contributed by atoms with Crippen molar-refractivity contribution in [3.8, 4) is 0 Å². The van der Waals surface area contributed by atoms with Gasteiger partial charge in [0.2, 0.25) is 0 Å². The molecule has 3 N–H and O–H groups in total. The number of hydrogen-bond donors (Lipinski definition) is 2. The summed E-state index contributed by atoms with van der Waals surface area (Å²) >= 11 is 2.15. The fourth-order valence-corrected chi connectivity index (χ4v) is 4.28. The lowest BCUT2D eigenvalue weighted by atomic mass is 9.93. The minimum absolute atomic E-state index is 0.511. The van der Waals surface area contributed by atoms with Gasteiger partial charge in [0.1, 0.15) is 0 Å². The molecule has 1 rings (SSSR count). The second kappa shape index (κ2) is 10.1. The monoisotopic (exact) mass is 272 g/mol. The Morgan fingerprint density at radius 2 is 2.00 bits per heavy atom. The number of thioether (sulfide) groups is 1. The van der Waals surface area contributed by atoms with Crippen molar-refractivity contribution in [2.24, 2.45) is 11.8 Å². The van der Waals surface area contributed by atoms with Crippen molar-refractivity contribution >= 4 is 11.8 Å². The fourth-order valence-electron chi connectivity index (χ4n) is 2.88. The van der Waals surface area contributed by atoms with E-state index in [0.717, 1.165) is 11.2 Å². The molecule has 108 valence electrons. The predicted octanol–water partition coefficient (Wildman–Crippen LogP) is 4.10. The molecule has 0 radical (unpaired) electrons. The zero-order valence-electron chi connectivity index (χ0n) is 12.3. The Labute approximate surface area is 118 Å². The molecule has 0 spiro atoms. The van der Waals surface area contributed by atoms with Crippen molar-refractivity contribution < 1.29 is 0 Å². The van der Waals surface area contributed by atoms with Crippen LogP contribution in [0.1, 0.15) is 71.6 Å². The smallest absolute Gasteiger partial charge is 0.0303 e. The average molecular weight is 273 g/mol. The van der Waals surface area contributed by atoms with Gasteiger partial charge in [0.05, 0.1) is 0 Å². The average Bonchev–Trinajstić information content (AvgIpc) is 2.91. The lowest BCUT2D eigenvalue weighted by molar-refractivity contribution is 0.367. The molecule has 1 aliphatic rings. The van der Waals surface area contributed by atoms with Gasteiger partial charge in [-0.3, -0.25) is 11.3 Å². The molecule has 1 fully saturated rings. The van der Waals surface area contributed by atoms with Gasteiger partial charge in [0.25, 0.3) is 0 Å². The maximum absolute atomic E-state index is 5.73. The number of hydrazine groups is 1. The van der Waals surface area contributed by atoms with Crippen LogP contribution in [-0.2, 0) is 0 Å². The third-order valence-corrected chi connectivity index (χ3v) is 5.77. The SMILES string of the molecule is CCCCC(CC)CC(CSC1CCCC1)NN. The first-order chi connectivity index (χ1) is 8.80. The lowest BCUT2D eigenvalue weighted by Crippen LogP contribution is -2.38. The topological polar surface area (TPSA) is 38.0 Å². The standard InChI is InChI=1S/C15H32N2S/c1-3-5-8-13(4-2)11-14(17-16)12-18-15-9-6-7-10-15/h13-15,17H,3-12,16H2,1-2H3. The molecule has 18 heavy (non-hydrogen) atoms. The number of hydrogen-bond acceptors (Lipinski definition) is 3. The zero-order valence-corrected chi connectivity index (χ0v) is 13.1. The van der Waals surface area contributed by atoms with E-state index >= 15 is 0 Å². The number of unbranched alkanes of at least 4 members (excludes halogenated alkanes) is 1. The lowest BCUT2D eigenvalue weighted by Gasteiger charge is -2.23. The highest BCUT2D eigenvalue weighted by atomic mass is 32.2. The molecule has 0 heterocycles. The van der Waals surface area contributed by atoms with Crippen LogP contribution < -0.4 is 11.3 Å². The second-order valence-corrected chi connectivity index (χ2v) is 7.09. The van der Waals surface area contributed by atoms with Crippen LogP contribution in [0.2, 0.25) is 0 Å². The van der Waals surface area contributed by atoms with E-state index in [4.69, 9.17) is 5.84 Å². The van der Waals surface area contributed by atoms with E-state index in [1.165, 1.54) is 63.5 Å². The van der Waals surface area contributed by atoms with E-state index in [-0.39, 0.29) is 0 Å². The van der Waals surface area contributed by atoms with Gasteiger partial charge < -0.3 is 0 Å². The summed E-state index contributed by atoms with van der Waals surface area (Å²) in [6, 6.07) is 0.511. The summed E-state index contributed by atoms with van der Waals surface area (Å²) in [7, 11) is 0. The van der Waals surface area contributed by atoms with E-state index in [9.17, 15) is 0 Å². The van der Waals surface area contributed by atoms with Crippen LogP contribution in [0.15, 0.2) is 0 Å². The highest BCUT2D eigenvalue weighted by molar-refractivity contribution is 7.99. The summed E-state index contributed by atoms with van der Waals surface area (Å²) in [6.45, 7) is 4.60. The molecule has 0 aromatic carbocycles. The maximum atomic E-state index is 5.73. The molecule has 2 unspecified atom stereocenters. The molecular formula is C15H32N2S. The Morgan fingerprint density at radius 1 is 1.28 bits per heavy atom. The number of nitrogens with two attached hydrogens (primary N) is 1. The highest BCUT2D eigenvalue weighted by Gasteiger charge is 2.19. The van der Waals surface area contributed by atoms with Crippen LogP contribution in [0.4, 0.5) is 0 Å². The van der Waals surface area contributed by atoms with Gasteiger partial charge in [-0.15, -0.1) is 0 Å². The van der Waals surface area contributed by atoms with Crippen molar-refractivity contribution in [1.29, 1.82) is 0 Å². The summed E-state index contributed by atoms with van der Waals surface area (Å²) in [5, 5.41) is 0.913. The number of nitrogens with one attached hydrogen (secondary N) is 1. The van der Waals surface area contributed by atoms with Crippen molar-refractivity contribution in [3.05, 3.63) is 0 Å². The van der Waals surface area contributed by atoms with Crippen LogP contribution in [-0.4, -0.2) is 17.0 Å². The van der Waals surface area contributed by atoms with Crippen molar-refractivity contribution in [2.45, 2.75) is 82.9 Å². The number of rotatable bonds is 10. The summed E-state index contributed by atoms with van der Waals surface area (Å²) in [4.78, 5) is 0. The van der Waals surface area contributed by atoms with Gasteiger partial charge in [0.15, 0.2) is 0 Å². The predicted molar refractivity (Wildman–Crippen MR) is 83.7 cm³/mol. The molecule has 2 atom stereocenters. The van der Waals surface area contributed by atoms with Gasteiger partial charge in [-0.1, -0.05) is 52.4 Å². The molecule has 0 bridgehead atoms. The normalized spacial score (nSPS) is 20.2. The van der Waals surface area contributed by atoms with Crippen molar-refractivity contribution in [2.75, 3.05) is 5.75 Å². The van der Waals surface area contributed by atoms with E-state index in [0.29, 0.717) is 6.04 Å². The quantitative estimate of drug-likeness (QED) is 0.464. The highest BCUT2D eigenvalue weighted by Crippen LogP contribution is 2.30. The molecule has 0 saturated heterocycles. The van der Waals surface area contributed by atoms with Gasteiger partial charge in [-0.2, -0.15) is 11.8 Å². The maximum Gasteiger partial charge on any atom is 0.0303 e. The second-order valence-electron chi connectivity index (χ2n) is 5.76.